The van der Waals surface area contributed by atoms with Gasteiger partial charge >= 0.3 is 0 Å². The topological polar surface area (TPSA) is 3.24 Å². The molecule has 0 aliphatic heterocycles. The molecule has 45 heavy (non-hydrogen) atoms. The molecule has 0 aliphatic carbocycles. The lowest BCUT2D eigenvalue weighted by Crippen LogP contribution is -2.11. The first kappa shape index (κ1) is 27.4. The van der Waals surface area contributed by atoms with Crippen molar-refractivity contribution in [1.29, 1.82) is 0 Å². The zero-order valence-electron chi connectivity index (χ0n) is 25.4. The van der Waals surface area contributed by atoms with Crippen molar-refractivity contribution < 1.29 is 0 Å². The van der Waals surface area contributed by atoms with E-state index in [1.54, 1.807) is 0 Å². The molecule has 0 radical (unpaired) electrons. The molecular weight excluding hydrogens is 563 g/mol. The van der Waals surface area contributed by atoms with Gasteiger partial charge < -0.3 is 4.90 Å². The maximum Gasteiger partial charge on any atom is 0.0540 e. The molecule has 2 heteroatoms. The van der Waals surface area contributed by atoms with Crippen molar-refractivity contribution in [2.24, 2.45) is 0 Å². The summed E-state index contributed by atoms with van der Waals surface area (Å²) >= 11 is 1.92. The molecule has 0 aliphatic rings. The molecule has 0 saturated carbocycles. The molecule has 0 saturated heterocycles. The minimum absolute atomic E-state index is 0.490. The number of para-hydroxylation sites is 1. The summed E-state index contributed by atoms with van der Waals surface area (Å²) in [7, 11) is 0. The van der Waals surface area contributed by atoms with Crippen LogP contribution in [0.1, 0.15) is 25.3 Å². The van der Waals surface area contributed by atoms with Gasteiger partial charge in [0.15, 0.2) is 0 Å². The molecular formula is C43H33NS. The third-order valence-electron chi connectivity index (χ3n) is 8.85. The molecule has 7 aromatic carbocycles. The summed E-state index contributed by atoms with van der Waals surface area (Å²) in [6.07, 6.45) is 0. The van der Waals surface area contributed by atoms with Gasteiger partial charge in [-0.05, 0) is 70.0 Å². The van der Waals surface area contributed by atoms with Crippen LogP contribution in [0, 0.1) is 0 Å². The van der Waals surface area contributed by atoms with Crippen molar-refractivity contribution in [2.75, 3.05) is 4.90 Å². The average Bonchev–Trinajstić information content (AvgIpc) is 3.47. The SMILES string of the molecule is CC(C)c1cccc2c1sc1ccc(-c3ccccc3N(c3ccc(-c4ccccc4)cc3)c3cccc4ccccc34)cc12. The van der Waals surface area contributed by atoms with E-state index in [0.717, 1.165) is 17.1 Å². The van der Waals surface area contributed by atoms with Gasteiger partial charge in [0, 0.05) is 36.8 Å². The third-order valence-corrected chi connectivity index (χ3v) is 10.1. The van der Waals surface area contributed by atoms with Gasteiger partial charge in [0.1, 0.15) is 0 Å². The van der Waals surface area contributed by atoms with Crippen LogP contribution in [0.15, 0.2) is 158 Å². The number of thiophene rings is 1. The van der Waals surface area contributed by atoms with E-state index in [2.05, 4.69) is 176 Å². The van der Waals surface area contributed by atoms with Crippen LogP contribution >= 0.6 is 11.3 Å². The summed E-state index contributed by atoms with van der Waals surface area (Å²) in [5, 5.41) is 5.13. The fourth-order valence-electron chi connectivity index (χ4n) is 6.60. The molecule has 0 unspecified atom stereocenters. The summed E-state index contributed by atoms with van der Waals surface area (Å²) in [5.74, 6) is 0.490. The summed E-state index contributed by atoms with van der Waals surface area (Å²) in [5.41, 5.74) is 9.73. The molecule has 1 nitrogen and oxygen atoms in total. The van der Waals surface area contributed by atoms with Gasteiger partial charge in [0.25, 0.3) is 0 Å². The first-order valence-electron chi connectivity index (χ1n) is 15.6. The fourth-order valence-corrected chi connectivity index (χ4v) is 7.94. The molecule has 0 amide bonds. The second kappa shape index (κ2) is 11.4. The second-order valence-electron chi connectivity index (χ2n) is 12.0. The molecule has 8 rings (SSSR count). The van der Waals surface area contributed by atoms with Crippen molar-refractivity contribution in [2.45, 2.75) is 19.8 Å². The summed E-state index contributed by atoms with van der Waals surface area (Å²) in [6.45, 7) is 4.57. The van der Waals surface area contributed by atoms with Crippen LogP contribution < -0.4 is 4.90 Å². The van der Waals surface area contributed by atoms with Crippen LogP contribution in [0.3, 0.4) is 0 Å². The zero-order chi connectivity index (χ0) is 30.3. The van der Waals surface area contributed by atoms with E-state index in [1.807, 2.05) is 11.3 Å². The van der Waals surface area contributed by atoms with Crippen LogP contribution in [0.4, 0.5) is 17.1 Å². The predicted molar refractivity (Wildman–Crippen MR) is 196 cm³/mol. The summed E-state index contributed by atoms with van der Waals surface area (Å²) in [6, 6.07) is 57.5. The van der Waals surface area contributed by atoms with E-state index in [4.69, 9.17) is 0 Å². The van der Waals surface area contributed by atoms with Crippen molar-refractivity contribution in [3.05, 3.63) is 163 Å². The smallest absolute Gasteiger partial charge is 0.0540 e. The highest BCUT2D eigenvalue weighted by molar-refractivity contribution is 7.26. The normalized spacial score (nSPS) is 11.5. The van der Waals surface area contributed by atoms with Crippen LogP contribution in [-0.4, -0.2) is 0 Å². The Hall–Kier alpha value is -5.18. The maximum absolute atomic E-state index is 2.43. The van der Waals surface area contributed by atoms with Gasteiger partial charge in [0.2, 0.25) is 0 Å². The number of hydrogen-bond donors (Lipinski definition) is 0. The number of hydrogen-bond acceptors (Lipinski definition) is 2. The number of nitrogens with zero attached hydrogens (tertiary/aromatic N) is 1. The lowest BCUT2D eigenvalue weighted by Gasteiger charge is -2.29. The lowest BCUT2D eigenvalue weighted by atomic mass is 9.97. The molecule has 1 aromatic heterocycles. The molecule has 0 N–H and O–H groups in total. The molecule has 1 heterocycles. The second-order valence-corrected chi connectivity index (χ2v) is 13.0. The molecule has 0 fully saturated rings. The van der Waals surface area contributed by atoms with Crippen LogP contribution in [0.25, 0.3) is 53.2 Å². The Kier molecular flexibility index (Phi) is 6.93. The Morgan fingerprint density at radius 3 is 1.98 bits per heavy atom. The third kappa shape index (κ3) is 4.88. The van der Waals surface area contributed by atoms with Crippen molar-refractivity contribution in [3.63, 3.8) is 0 Å². The van der Waals surface area contributed by atoms with Gasteiger partial charge in [-0.2, -0.15) is 0 Å². The van der Waals surface area contributed by atoms with E-state index < -0.39 is 0 Å². The number of fused-ring (bicyclic) bond motifs is 4. The van der Waals surface area contributed by atoms with Crippen LogP contribution in [-0.2, 0) is 0 Å². The first-order chi connectivity index (χ1) is 22.2. The van der Waals surface area contributed by atoms with E-state index in [1.165, 1.54) is 58.8 Å². The minimum Gasteiger partial charge on any atom is -0.309 e. The van der Waals surface area contributed by atoms with Gasteiger partial charge in [-0.1, -0.05) is 135 Å². The molecule has 0 atom stereocenters. The Balaban J connectivity index is 1.33. The van der Waals surface area contributed by atoms with E-state index in [0.29, 0.717) is 5.92 Å². The van der Waals surface area contributed by atoms with E-state index >= 15 is 0 Å². The van der Waals surface area contributed by atoms with E-state index in [-0.39, 0.29) is 0 Å². The quantitative estimate of drug-likeness (QED) is 0.185. The van der Waals surface area contributed by atoms with Crippen molar-refractivity contribution >= 4 is 59.3 Å². The van der Waals surface area contributed by atoms with Gasteiger partial charge in [-0.25, -0.2) is 0 Å². The highest BCUT2D eigenvalue weighted by Crippen LogP contribution is 2.45. The molecule has 0 spiro atoms. The standard InChI is InChI=1S/C43H33NS/c1-29(2)35-18-11-19-38-39-28-33(24-27-42(39)45-43(35)38)37-17-8-9-20-40(37)44(41-21-10-15-32-14-6-7-16-36(32)41)34-25-22-31(23-26-34)30-12-4-3-5-13-30/h3-29H,1-2H3. The highest BCUT2D eigenvalue weighted by Gasteiger charge is 2.20. The summed E-state index contributed by atoms with van der Waals surface area (Å²) < 4.78 is 2.74. The Labute approximate surface area is 268 Å². The average molecular weight is 596 g/mol. The number of rotatable bonds is 6. The summed E-state index contributed by atoms with van der Waals surface area (Å²) in [4.78, 5) is 2.43. The monoisotopic (exact) mass is 595 g/mol. The number of anilines is 3. The van der Waals surface area contributed by atoms with Crippen molar-refractivity contribution in [3.8, 4) is 22.3 Å². The van der Waals surface area contributed by atoms with Crippen molar-refractivity contribution in [1.82, 2.24) is 0 Å². The lowest BCUT2D eigenvalue weighted by molar-refractivity contribution is 0.878. The minimum atomic E-state index is 0.490. The Morgan fingerprint density at radius 2 is 1.13 bits per heavy atom. The molecule has 8 aromatic rings. The predicted octanol–water partition coefficient (Wildman–Crippen LogP) is 13.1. The molecule has 0 bridgehead atoms. The van der Waals surface area contributed by atoms with Gasteiger partial charge in [-0.3, -0.25) is 0 Å². The van der Waals surface area contributed by atoms with Crippen LogP contribution in [0.2, 0.25) is 0 Å². The maximum atomic E-state index is 2.43. The van der Waals surface area contributed by atoms with Gasteiger partial charge in [0.05, 0.1) is 11.4 Å². The Morgan fingerprint density at radius 1 is 0.489 bits per heavy atom. The largest absolute Gasteiger partial charge is 0.309 e. The fraction of sp³-hybridized carbons (Fsp3) is 0.0698. The Bertz CT molecular complexity index is 2290. The number of benzene rings is 7. The highest BCUT2D eigenvalue weighted by atomic mass is 32.1. The zero-order valence-corrected chi connectivity index (χ0v) is 26.3. The van der Waals surface area contributed by atoms with Gasteiger partial charge in [-0.15, -0.1) is 11.3 Å². The van der Waals surface area contributed by atoms with Crippen LogP contribution in [0.5, 0.6) is 0 Å². The molecule has 216 valence electrons. The van der Waals surface area contributed by atoms with E-state index in [9.17, 15) is 0 Å². The first-order valence-corrected chi connectivity index (χ1v) is 16.5.